The van der Waals surface area contributed by atoms with Crippen LogP contribution in [0.1, 0.15) is 0 Å². The molecule has 6 nitrogen and oxygen atoms in total. The highest BCUT2D eigenvalue weighted by Gasteiger charge is 2.07. The maximum absolute atomic E-state index is 11.8. The number of carbonyl (C=O) groups excluding carboxylic acids is 1. The lowest BCUT2D eigenvalue weighted by molar-refractivity contribution is -0.384. The molecule has 7 heteroatoms. The molecule has 0 saturated heterocycles. The zero-order valence-electron chi connectivity index (χ0n) is 10.9. The molecular formula is C14H12BrN3O3. The Hall–Kier alpha value is -2.41. The number of nitrogens with zero attached hydrogens (tertiary/aromatic N) is 1. The van der Waals surface area contributed by atoms with E-state index < -0.39 is 4.92 Å². The third-order valence-corrected chi connectivity index (χ3v) is 3.11. The number of nitro groups is 1. The summed E-state index contributed by atoms with van der Waals surface area (Å²) >= 11 is 3.32. The lowest BCUT2D eigenvalue weighted by Crippen LogP contribution is -2.21. The molecule has 2 N–H and O–H groups in total. The van der Waals surface area contributed by atoms with Crippen LogP contribution in [0, 0.1) is 10.1 Å². The molecule has 0 unspecified atom stereocenters. The fourth-order valence-corrected chi connectivity index (χ4v) is 2.08. The number of nitro benzene ring substituents is 1. The van der Waals surface area contributed by atoms with Crippen molar-refractivity contribution in [1.29, 1.82) is 0 Å². The van der Waals surface area contributed by atoms with E-state index in [-0.39, 0.29) is 18.1 Å². The summed E-state index contributed by atoms with van der Waals surface area (Å²) in [6, 6.07) is 13.2. The third-order valence-electron chi connectivity index (χ3n) is 2.62. The maximum atomic E-state index is 11.8. The summed E-state index contributed by atoms with van der Waals surface area (Å²) in [5.41, 5.74) is 1.18. The van der Waals surface area contributed by atoms with E-state index in [0.29, 0.717) is 11.4 Å². The first-order valence-electron chi connectivity index (χ1n) is 6.08. The monoisotopic (exact) mass is 349 g/mol. The standard InChI is InChI=1S/C14H12BrN3O3/c15-10-3-1-5-12(7-10)17-14(19)9-16-11-4-2-6-13(8-11)18(20)21/h1-8,16H,9H2,(H,17,19). The minimum atomic E-state index is -0.479. The summed E-state index contributed by atoms with van der Waals surface area (Å²) in [5, 5.41) is 16.2. The van der Waals surface area contributed by atoms with Crippen molar-refractivity contribution in [3.8, 4) is 0 Å². The first-order valence-corrected chi connectivity index (χ1v) is 6.87. The summed E-state index contributed by atoms with van der Waals surface area (Å²) in [6.45, 7) is 0.0215. The van der Waals surface area contributed by atoms with E-state index in [0.717, 1.165) is 4.47 Å². The first kappa shape index (κ1) is 15.0. The predicted molar refractivity (Wildman–Crippen MR) is 84.4 cm³/mol. The third kappa shape index (κ3) is 4.57. The molecule has 0 radical (unpaired) electrons. The summed E-state index contributed by atoms with van der Waals surface area (Å²) < 4.78 is 0.868. The van der Waals surface area contributed by atoms with Crippen molar-refractivity contribution in [1.82, 2.24) is 0 Å². The number of non-ortho nitro benzene ring substituents is 1. The second-order valence-electron chi connectivity index (χ2n) is 4.22. The Bertz CT molecular complexity index is 676. The van der Waals surface area contributed by atoms with Gasteiger partial charge in [0, 0.05) is 28.0 Å². The molecule has 0 aliphatic heterocycles. The van der Waals surface area contributed by atoms with Crippen LogP contribution in [-0.2, 0) is 4.79 Å². The molecule has 0 bridgehead atoms. The van der Waals surface area contributed by atoms with Gasteiger partial charge in [0.2, 0.25) is 5.91 Å². The van der Waals surface area contributed by atoms with Crippen molar-refractivity contribution < 1.29 is 9.72 Å². The summed E-state index contributed by atoms with van der Waals surface area (Å²) in [7, 11) is 0. The average molecular weight is 350 g/mol. The van der Waals surface area contributed by atoms with Gasteiger partial charge in [-0.25, -0.2) is 0 Å². The highest BCUT2D eigenvalue weighted by Crippen LogP contribution is 2.17. The summed E-state index contributed by atoms with van der Waals surface area (Å²) in [6.07, 6.45) is 0. The van der Waals surface area contributed by atoms with Gasteiger partial charge in [-0.05, 0) is 24.3 Å². The molecule has 2 rings (SSSR count). The highest BCUT2D eigenvalue weighted by atomic mass is 79.9. The van der Waals surface area contributed by atoms with Gasteiger partial charge < -0.3 is 10.6 Å². The number of anilines is 2. The van der Waals surface area contributed by atoms with Gasteiger partial charge in [0.25, 0.3) is 5.69 Å². The van der Waals surface area contributed by atoms with Crippen LogP contribution >= 0.6 is 15.9 Å². The van der Waals surface area contributed by atoms with Crippen LogP contribution in [0.5, 0.6) is 0 Å². The minimum absolute atomic E-state index is 0.0209. The van der Waals surface area contributed by atoms with E-state index in [1.165, 1.54) is 12.1 Å². The molecule has 0 spiro atoms. The maximum Gasteiger partial charge on any atom is 0.271 e. The van der Waals surface area contributed by atoms with Crippen molar-refractivity contribution in [2.75, 3.05) is 17.2 Å². The second kappa shape index (κ2) is 6.85. The number of hydrogen-bond donors (Lipinski definition) is 2. The fraction of sp³-hybridized carbons (Fsp3) is 0.0714. The molecule has 0 saturated carbocycles. The topological polar surface area (TPSA) is 84.3 Å². The summed E-state index contributed by atoms with van der Waals surface area (Å²) in [4.78, 5) is 22.0. The fourth-order valence-electron chi connectivity index (χ4n) is 1.68. The molecule has 2 aromatic rings. The number of benzene rings is 2. The van der Waals surface area contributed by atoms with Crippen molar-refractivity contribution in [2.45, 2.75) is 0 Å². The van der Waals surface area contributed by atoms with E-state index >= 15 is 0 Å². The normalized spacial score (nSPS) is 9.95. The average Bonchev–Trinajstić information content (AvgIpc) is 2.45. The van der Waals surface area contributed by atoms with Crippen LogP contribution in [-0.4, -0.2) is 17.4 Å². The molecule has 0 aromatic heterocycles. The largest absolute Gasteiger partial charge is 0.376 e. The zero-order valence-corrected chi connectivity index (χ0v) is 12.5. The van der Waals surface area contributed by atoms with Gasteiger partial charge in [0.1, 0.15) is 0 Å². The Morgan fingerprint density at radius 3 is 2.57 bits per heavy atom. The predicted octanol–water partition coefficient (Wildman–Crippen LogP) is 3.41. The van der Waals surface area contributed by atoms with Crippen LogP contribution in [0.4, 0.5) is 17.1 Å². The molecular weight excluding hydrogens is 338 g/mol. The van der Waals surface area contributed by atoms with Gasteiger partial charge in [-0.2, -0.15) is 0 Å². The quantitative estimate of drug-likeness (QED) is 0.639. The highest BCUT2D eigenvalue weighted by molar-refractivity contribution is 9.10. The van der Waals surface area contributed by atoms with E-state index in [9.17, 15) is 14.9 Å². The van der Waals surface area contributed by atoms with Crippen LogP contribution in [0.2, 0.25) is 0 Å². The van der Waals surface area contributed by atoms with Crippen LogP contribution in [0.15, 0.2) is 53.0 Å². The second-order valence-corrected chi connectivity index (χ2v) is 5.14. The van der Waals surface area contributed by atoms with E-state index in [1.54, 1.807) is 24.3 Å². The van der Waals surface area contributed by atoms with Gasteiger partial charge in [0.05, 0.1) is 11.5 Å². The van der Waals surface area contributed by atoms with E-state index in [1.807, 2.05) is 12.1 Å². The zero-order chi connectivity index (χ0) is 15.2. The smallest absolute Gasteiger partial charge is 0.271 e. The molecule has 0 heterocycles. The Balaban J connectivity index is 1.92. The Labute approximate surface area is 129 Å². The van der Waals surface area contributed by atoms with Crippen molar-refractivity contribution in [2.24, 2.45) is 0 Å². The molecule has 108 valence electrons. The van der Waals surface area contributed by atoms with Gasteiger partial charge >= 0.3 is 0 Å². The number of nitrogens with one attached hydrogen (secondary N) is 2. The first-order chi connectivity index (χ1) is 10.0. The van der Waals surface area contributed by atoms with Crippen LogP contribution < -0.4 is 10.6 Å². The lowest BCUT2D eigenvalue weighted by atomic mass is 10.3. The van der Waals surface area contributed by atoms with Gasteiger partial charge in [-0.3, -0.25) is 14.9 Å². The van der Waals surface area contributed by atoms with E-state index in [4.69, 9.17) is 0 Å². The molecule has 0 atom stereocenters. The molecule has 0 fully saturated rings. The number of amides is 1. The van der Waals surface area contributed by atoms with Gasteiger partial charge in [-0.1, -0.05) is 28.1 Å². The number of carbonyl (C=O) groups is 1. The Morgan fingerprint density at radius 1 is 1.14 bits per heavy atom. The Kier molecular flexibility index (Phi) is 4.89. The molecule has 21 heavy (non-hydrogen) atoms. The van der Waals surface area contributed by atoms with Crippen molar-refractivity contribution in [3.05, 3.63) is 63.1 Å². The van der Waals surface area contributed by atoms with Gasteiger partial charge in [0.15, 0.2) is 0 Å². The van der Waals surface area contributed by atoms with Crippen LogP contribution in [0.25, 0.3) is 0 Å². The number of halogens is 1. The van der Waals surface area contributed by atoms with E-state index in [2.05, 4.69) is 26.6 Å². The lowest BCUT2D eigenvalue weighted by Gasteiger charge is -2.08. The molecule has 0 aliphatic carbocycles. The summed E-state index contributed by atoms with van der Waals surface area (Å²) in [5.74, 6) is -0.236. The molecule has 0 aliphatic rings. The van der Waals surface area contributed by atoms with Crippen LogP contribution in [0.3, 0.4) is 0 Å². The Morgan fingerprint density at radius 2 is 1.86 bits per heavy atom. The SMILES string of the molecule is O=C(CNc1cccc([N+](=O)[O-])c1)Nc1cccc(Br)c1. The van der Waals surface area contributed by atoms with Crippen molar-refractivity contribution in [3.63, 3.8) is 0 Å². The van der Waals surface area contributed by atoms with Gasteiger partial charge in [-0.15, -0.1) is 0 Å². The van der Waals surface area contributed by atoms with Crippen molar-refractivity contribution >= 4 is 38.9 Å². The molecule has 2 aromatic carbocycles. The minimum Gasteiger partial charge on any atom is -0.376 e. The number of hydrogen-bond acceptors (Lipinski definition) is 4. The molecule has 1 amide bonds. The number of rotatable bonds is 5.